The Kier molecular flexibility index (Phi) is 3.50. The highest BCUT2D eigenvalue weighted by Gasteiger charge is 2.24. The molecular formula is C9H20N2O. The summed E-state index contributed by atoms with van der Waals surface area (Å²) < 4.78 is 0. The van der Waals surface area contributed by atoms with Crippen LogP contribution in [-0.4, -0.2) is 60.3 Å². The Morgan fingerprint density at radius 1 is 1.42 bits per heavy atom. The van der Waals surface area contributed by atoms with E-state index in [4.69, 9.17) is 5.11 Å². The second kappa shape index (κ2) is 4.21. The maximum absolute atomic E-state index is 9.09. The molecule has 12 heavy (non-hydrogen) atoms. The fourth-order valence-corrected chi connectivity index (χ4v) is 1.64. The van der Waals surface area contributed by atoms with Crippen molar-refractivity contribution >= 4 is 0 Å². The maximum atomic E-state index is 9.09. The highest BCUT2D eigenvalue weighted by atomic mass is 16.3. The molecule has 0 aromatic rings. The minimum atomic E-state index is 0.278. The molecule has 0 aliphatic carbocycles. The lowest BCUT2D eigenvalue weighted by molar-refractivity contribution is 0.0430. The molecule has 1 fully saturated rings. The van der Waals surface area contributed by atoms with Gasteiger partial charge in [-0.25, -0.2) is 0 Å². The first-order chi connectivity index (χ1) is 5.65. The van der Waals surface area contributed by atoms with Crippen molar-refractivity contribution in [1.29, 1.82) is 0 Å². The zero-order valence-corrected chi connectivity index (χ0v) is 8.32. The van der Waals surface area contributed by atoms with Gasteiger partial charge in [-0.2, -0.15) is 0 Å². The Labute approximate surface area is 75.0 Å². The lowest BCUT2D eigenvalue weighted by Gasteiger charge is -2.40. The molecule has 1 aliphatic rings. The third kappa shape index (κ3) is 2.19. The molecule has 0 aromatic carbocycles. The zero-order valence-electron chi connectivity index (χ0n) is 8.32. The van der Waals surface area contributed by atoms with Crippen LogP contribution in [0.15, 0.2) is 0 Å². The van der Waals surface area contributed by atoms with Crippen LogP contribution >= 0.6 is 0 Å². The fourth-order valence-electron chi connectivity index (χ4n) is 1.64. The van der Waals surface area contributed by atoms with Crippen molar-refractivity contribution in [1.82, 2.24) is 9.80 Å². The van der Waals surface area contributed by atoms with Crippen LogP contribution in [0, 0.1) is 0 Å². The van der Waals surface area contributed by atoms with Crippen molar-refractivity contribution in [3.63, 3.8) is 0 Å². The number of aliphatic hydroxyl groups is 1. The molecule has 1 heterocycles. The van der Waals surface area contributed by atoms with Gasteiger partial charge in [-0.15, -0.1) is 0 Å². The summed E-state index contributed by atoms with van der Waals surface area (Å²) in [5.74, 6) is 0. The average molecular weight is 172 g/mol. The molecule has 1 N–H and O–H groups in total. The summed E-state index contributed by atoms with van der Waals surface area (Å²) in [5, 5.41) is 9.09. The standard InChI is InChI=1S/C9H20N2O/c1-8(2)11-5-4-10(3)9(6-11)7-12/h8-9,12H,4-7H2,1-3H3/t9-/m1/s1. The molecule has 0 spiro atoms. The summed E-state index contributed by atoms with van der Waals surface area (Å²) in [6, 6.07) is 0.939. The van der Waals surface area contributed by atoms with Crippen LogP contribution in [0.1, 0.15) is 13.8 Å². The Morgan fingerprint density at radius 3 is 2.58 bits per heavy atom. The Balaban J connectivity index is 2.44. The van der Waals surface area contributed by atoms with E-state index in [9.17, 15) is 0 Å². The van der Waals surface area contributed by atoms with E-state index in [1.54, 1.807) is 0 Å². The highest BCUT2D eigenvalue weighted by molar-refractivity contribution is 4.80. The maximum Gasteiger partial charge on any atom is 0.0599 e. The number of hydrogen-bond acceptors (Lipinski definition) is 3. The summed E-state index contributed by atoms with van der Waals surface area (Å²) in [5.41, 5.74) is 0. The van der Waals surface area contributed by atoms with E-state index in [2.05, 4.69) is 30.7 Å². The van der Waals surface area contributed by atoms with Crippen molar-refractivity contribution in [2.45, 2.75) is 25.9 Å². The van der Waals surface area contributed by atoms with E-state index in [1.807, 2.05) is 0 Å². The van der Waals surface area contributed by atoms with Crippen molar-refractivity contribution in [2.75, 3.05) is 33.3 Å². The molecular weight excluding hydrogens is 152 g/mol. The van der Waals surface area contributed by atoms with Gasteiger partial charge in [-0.05, 0) is 20.9 Å². The van der Waals surface area contributed by atoms with Crippen LogP contribution in [0.25, 0.3) is 0 Å². The van der Waals surface area contributed by atoms with Crippen LogP contribution in [0.3, 0.4) is 0 Å². The van der Waals surface area contributed by atoms with Gasteiger partial charge in [0.1, 0.15) is 0 Å². The topological polar surface area (TPSA) is 26.7 Å². The van der Waals surface area contributed by atoms with E-state index in [0.717, 1.165) is 19.6 Å². The first-order valence-corrected chi connectivity index (χ1v) is 4.70. The number of likely N-dealkylation sites (N-methyl/N-ethyl adjacent to an activating group) is 1. The molecule has 0 aromatic heterocycles. The average Bonchev–Trinajstić information content (AvgIpc) is 2.05. The Morgan fingerprint density at radius 2 is 2.08 bits per heavy atom. The van der Waals surface area contributed by atoms with Gasteiger partial charge in [0.15, 0.2) is 0 Å². The van der Waals surface area contributed by atoms with Crippen LogP contribution in [0.2, 0.25) is 0 Å². The van der Waals surface area contributed by atoms with E-state index in [-0.39, 0.29) is 6.61 Å². The molecule has 1 atom stereocenters. The minimum absolute atomic E-state index is 0.278. The van der Waals surface area contributed by atoms with Crippen molar-refractivity contribution in [3.8, 4) is 0 Å². The third-order valence-electron chi connectivity index (χ3n) is 2.75. The molecule has 1 rings (SSSR count). The zero-order chi connectivity index (χ0) is 9.14. The number of rotatable bonds is 2. The van der Waals surface area contributed by atoms with Crippen molar-refractivity contribution in [2.24, 2.45) is 0 Å². The lowest BCUT2D eigenvalue weighted by atomic mass is 10.1. The molecule has 0 unspecified atom stereocenters. The van der Waals surface area contributed by atoms with Gasteiger partial charge in [-0.3, -0.25) is 9.80 Å². The molecule has 1 saturated heterocycles. The molecule has 0 bridgehead atoms. The predicted molar refractivity (Wildman–Crippen MR) is 50.2 cm³/mol. The van der Waals surface area contributed by atoms with Gasteiger partial charge in [-0.1, -0.05) is 0 Å². The van der Waals surface area contributed by atoms with Crippen LogP contribution in [0.5, 0.6) is 0 Å². The number of aliphatic hydroxyl groups excluding tert-OH is 1. The second-order valence-corrected chi connectivity index (χ2v) is 3.91. The number of hydrogen-bond donors (Lipinski definition) is 1. The van der Waals surface area contributed by atoms with Crippen LogP contribution in [0.4, 0.5) is 0 Å². The summed E-state index contributed by atoms with van der Waals surface area (Å²) in [6.07, 6.45) is 0. The monoisotopic (exact) mass is 172 g/mol. The second-order valence-electron chi connectivity index (χ2n) is 3.91. The summed E-state index contributed by atoms with van der Waals surface area (Å²) in [7, 11) is 2.08. The molecule has 3 heteroatoms. The molecule has 0 amide bonds. The number of nitrogens with zero attached hydrogens (tertiary/aromatic N) is 2. The van der Waals surface area contributed by atoms with Gasteiger partial charge in [0.25, 0.3) is 0 Å². The lowest BCUT2D eigenvalue weighted by Crippen LogP contribution is -2.54. The highest BCUT2D eigenvalue weighted by Crippen LogP contribution is 2.09. The smallest absolute Gasteiger partial charge is 0.0599 e. The summed E-state index contributed by atoms with van der Waals surface area (Å²) >= 11 is 0. The molecule has 0 radical (unpaired) electrons. The van der Waals surface area contributed by atoms with Gasteiger partial charge in [0.2, 0.25) is 0 Å². The largest absolute Gasteiger partial charge is 0.395 e. The Hall–Kier alpha value is -0.120. The Bertz CT molecular complexity index is 138. The normalized spacial score (nSPS) is 28.2. The van der Waals surface area contributed by atoms with E-state index < -0.39 is 0 Å². The van der Waals surface area contributed by atoms with Gasteiger partial charge >= 0.3 is 0 Å². The molecule has 72 valence electrons. The summed E-state index contributed by atoms with van der Waals surface area (Å²) in [6.45, 7) is 7.90. The quantitative estimate of drug-likeness (QED) is 0.635. The predicted octanol–water partition coefficient (Wildman–Crippen LogP) is 0.00310. The van der Waals surface area contributed by atoms with Crippen LogP contribution in [-0.2, 0) is 0 Å². The first-order valence-electron chi connectivity index (χ1n) is 4.70. The van der Waals surface area contributed by atoms with Crippen molar-refractivity contribution in [3.05, 3.63) is 0 Å². The van der Waals surface area contributed by atoms with Gasteiger partial charge < -0.3 is 5.11 Å². The number of piperazine rings is 1. The molecule has 0 saturated carbocycles. The van der Waals surface area contributed by atoms with Crippen LogP contribution < -0.4 is 0 Å². The molecule has 3 nitrogen and oxygen atoms in total. The third-order valence-corrected chi connectivity index (χ3v) is 2.75. The van der Waals surface area contributed by atoms with Crippen molar-refractivity contribution < 1.29 is 5.11 Å². The minimum Gasteiger partial charge on any atom is -0.395 e. The van der Waals surface area contributed by atoms with E-state index in [0.29, 0.717) is 12.1 Å². The van der Waals surface area contributed by atoms with Gasteiger partial charge in [0, 0.05) is 31.7 Å². The first kappa shape index (κ1) is 9.96. The summed E-state index contributed by atoms with van der Waals surface area (Å²) in [4.78, 5) is 4.65. The SMILES string of the molecule is CC(C)N1CCN(C)[C@@H](CO)C1. The fraction of sp³-hybridized carbons (Fsp3) is 1.00. The van der Waals surface area contributed by atoms with E-state index >= 15 is 0 Å². The molecule has 1 aliphatic heterocycles. The van der Waals surface area contributed by atoms with E-state index in [1.165, 1.54) is 0 Å². The van der Waals surface area contributed by atoms with Gasteiger partial charge in [0.05, 0.1) is 6.61 Å².